The summed E-state index contributed by atoms with van der Waals surface area (Å²) in [4.78, 5) is 2.46. The fourth-order valence-electron chi connectivity index (χ4n) is 2.55. The molecular weight excluding hydrogens is 196 g/mol. The van der Waals surface area contributed by atoms with E-state index in [-0.39, 0.29) is 0 Å². The van der Waals surface area contributed by atoms with Crippen molar-refractivity contribution in [1.82, 2.24) is 10.2 Å². The zero-order valence-electron chi connectivity index (χ0n) is 12.1. The number of piperidine rings is 2. The van der Waals surface area contributed by atoms with Crippen LogP contribution in [-0.2, 0) is 0 Å². The van der Waals surface area contributed by atoms with Crippen molar-refractivity contribution in [2.24, 2.45) is 5.41 Å². The summed E-state index contributed by atoms with van der Waals surface area (Å²) in [6, 6.07) is 0. The van der Waals surface area contributed by atoms with Gasteiger partial charge >= 0.3 is 0 Å². The van der Waals surface area contributed by atoms with Gasteiger partial charge in [-0.25, -0.2) is 0 Å². The summed E-state index contributed by atoms with van der Waals surface area (Å²) in [5.41, 5.74) is 0.685. The van der Waals surface area contributed by atoms with E-state index in [0.717, 1.165) is 0 Å². The quantitative estimate of drug-likeness (QED) is 0.685. The molecule has 0 radical (unpaired) electrons. The van der Waals surface area contributed by atoms with Crippen LogP contribution in [0.4, 0.5) is 0 Å². The number of hydrogen-bond donors (Lipinski definition) is 1. The Hall–Kier alpha value is -0.0800. The molecule has 0 aliphatic carbocycles. The van der Waals surface area contributed by atoms with Crippen molar-refractivity contribution >= 4 is 0 Å². The molecule has 2 nitrogen and oxygen atoms in total. The first-order valence-electron chi connectivity index (χ1n) is 7.20. The Bertz CT molecular complexity index is 141. The van der Waals surface area contributed by atoms with Crippen molar-refractivity contribution in [3.05, 3.63) is 0 Å². The lowest BCUT2D eigenvalue weighted by molar-refractivity contribution is 0.0930. The third kappa shape index (κ3) is 4.84. The topological polar surface area (TPSA) is 15.3 Å². The second kappa shape index (κ2) is 9.00. The Morgan fingerprint density at radius 2 is 1.50 bits per heavy atom. The molecule has 0 aromatic carbocycles. The fourth-order valence-corrected chi connectivity index (χ4v) is 2.55. The van der Waals surface area contributed by atoms with Crippen molar-refractivity contribution in [3.8, 4) is 0 Å². The zero-order valence-corrected chi connectivity index (χ0v) is 12.1. The summed E-state index contributed by atoms with van der Waals surface area (Å²) in [6.07, 6.45) is 5.69. The van der Waals surface area contributed by atoms with Crippen LogP contribution in [-0.4, -0.2) is 38.1 Å². The summed E-state index contributed by atoms with van der Waals surface area (Å²) in [5.74, 6) is 0. The molecule has 16 heavy (non-hydrogen) atoms. The number of nitrogens with one attached hydrogen (secondary N) is 1. The van der Waals surface area contributed by atoms with Gasteiger partial charge in [0.1, 0.15) is 0 Å². The van der Waals surface area contributed by atoms with Gasteiger partial charge in [-0.05, 0) is 57.8 Å². The van der Waals surface area contributed by atoms with E-state index in [1.54, 1.807) is 0 Å². The molecule has 2 heteroatoms. The van der Waals surface area contributed by atoms with E-state index >= 15 is 0 Å². The van der Waals surface area contributed by atoms with E-state index in [0.29, 0.717) is 5.41 Å². The maximum Gasteiger partial charge on any atom is 0.000877 e. The van der Waals surface area contributed by atoms with Crippen molar-refractivity contribution in [1.29, 1.82) is 0 Å². The summed E-state index contributed by atoms with van der Waals surface area (Å²) in [7, 11) is 2.24. The van der Waals surface area contributed by atoms with Gasteiger partial charge in [0.05, 0.1) is 0 Å². The Labute approximate surface area is 103 Å². The molecule has 2 rings (SSSR count). The molecule has 2 heterocycles. The maximum atomic E-state index is 3.54. The smallest absolute Gasteiger partial charge is 0.000877 e. The molecule has 98 valence electrons. The predicted molar refractivity (Wildman–Crippen MR) is 74.0 cm³/mol. The first-order chi connectivity index (χ1) is 7.81. The molecule has 0 amide bonds. The van der Waals surface area contributed by atoms with Crippen LogP contribution < -0.4 is 5.32 Å². The Kier molecular flexibility index (Phi) is 8.96. The monoisotopic (exact) mass is 228 g/mol. The molecule has 2 fully saturated rings. The van der Waals surface area contributed by atoms with Gasteiger partial charge in [-0.15, -0.1) is 0 Å². The van der Waals surface area contributed by atoms with Crippen LogP contribution in [0.3, 0.4) is 0 Å². The van der Waals surface area contributed by atoms with Crippen molar-refractivity contribution in [3.63, 3.8) is 0 Å². The van der Waals surface area contributed by atoms with Crippen LogP contribution in [0, 0.1) is 5.41 Å². The molecule has 0 aromatic heterocycles. The van der Waals surface area contributed by atoms with Gasteiger partial charge in [0.25, 0.3) is 0 Å². The summed E-state index contributed by atoms with van der Waals surface area (Å²) < 4.78 is 0. The molecule has 0 unspecified atom stereocenters. The Morgan fingerprint density at radius 1 is 0.938 bits per heavy atom. The number of hydrogen-bond acceptors (Lipinski definition) is 2. The summed E-state index contributed by atoms with van der Waals surface area (Å²) in [5, 5.41) is 3.54. The van der Waals surface area contributed by atoms with Crippen LogP contribution in [0.25, 0.3) is 0 Å². The van der Waals surface area contributed by atoms with Crippen LogP contribution >= 0.6 is 0 Å². The van der Waals surface area contributed by atoms with Crippen LogP contribution in [0.2, 0.25) is 0 Å². The Morgan fingerprint density at radius 3 is 1.94 bits per heavy atom. The summed E-state index contributed by atoms with van der Waals surface area (Å²) >= 11 is 0. The average Bonchev–Trinajstić information content (AvgIpc) is 2.39. The van der Waals surface area contributed by atoms with E-state index in [1.165, 1.54) is 51.9 Å². The molecule has 2 saturated heterocycles. The second-order valence-electron chi connectivity index (χ2n) is 4.58. The molecular formula is C14H32N2. The third-order valence-electron chi connectivity index (χ3n) is 3.61. The van der Waals surface area contributed by atoms with Crippen LogP contribution in [0.1, 0.15) is 53.4 Å². The maximum absolute atomic E-state index is 3.54. The lowest BCUT2D eigenvalue weighted by Gasteiger charge is -2.43. The molecule has 1 spiro atoms. The highest BCUT2D eigenvalue weighted by atomic mass is 15.1. The van der Waals surface area contributed by atoms with E-state index < -0.39 is 0 Å². The number of rotatable bonds is 0. The summed E-state index contributed by atoms with van der Waals surface area (Å²) in [6.45, 7) is 13.1. The zero-order chi connectivity index (χ0) is 12.4. The van der Waals surface area contributed by atoms with Gasteiger partial charge in [0, 0.05) is 6.54 Å². The highest BCUT2D eigenvalue weighted by Gasteiger charge is 2.34. The van der Waals surface area contributed by atoms with Crippen molar-refractivity contribution in [2.45, 2.75) is 53.4 Å². The SMILES string of the molecule is CC.CC.CN1CCC2(CCCNC2)CC1. The molecule has 0 aromatic rings. The van der Waals surface area contributed by atoms with Gasteiger partial charge in [0.15, 0.2) is 0 Å². The second-order valence-corrected chi connectivity index (χ2v) is 4.58. The molecule has 1 N–H and O–H groups in total. The first-order valence-corrected chi connectivity index (χ1v) is 7.20. The minimum Gasteiger partial charge on any atom is -0.316 e. The van der Waals surface area contributed by atoms with Gasteiger partial charge in [-0.1, -0.05) is 27.7 Å². The Balaban J connectivity index is 0.000000509. The highest BCUT2D eigenvalue weighted by Crippen LogP contribution is 2.36. The van der Waals surface area contributed by atoms with Crippen molar-refractivity contribution in [2.75, 3.05) is 33.2 Å². The van der Waals surface area contributed by atoms with Crippen LogP contribution in [0.15, 0.2) is 0 Å². The molecule has 0 saturated carbocycles. The number of nitrogens with zero attached hydrogens (tertiary/aromatic N) is 1. The lowest BCUT2D eigenvalue weighted by Crippen LogP contribution is -2.46. The normalized spacial score (nSPS) is 23.8. The number of likely N-dealkylation sites (tertiary alicyclic amines) is 1. The van der Waals surface area contributed by atoms with E-state index in [4.69, 9.17) is 0 Å². The van der Waals surface area contributed by atoms with E-state index in [2.05, 4.69) is 17.3 Å². The van der Waals surface area contributed by atoms with E-state index in [9.17, 15) is 0 Å². The van der Waals surface area contributed by atoms with Gasteiger partial charge in [0.2, 0.25) is 0 Å². The molecule has 2 aliphatic rings. The lowest BCUT2D eigenvalue weighted by atomic mass is 9.73. The highest BCUT2D eigenvalue weighted by molar-refractivity contribution is 4.89. The van der Waals surface area contributed by atoms with Crippen molar-refractivity contribution < 1.29 is 0 Å². The minimum atomic E-state index is 0.685. The largest absolute Gasteiger partial charge is 0.316 e. The average molecular weight is 228 g/mol. The fraction of sp³-hybridized carbons (Fsp3) is 1.00. The third-order valence-corrected chi connectivity index (χ3v) is 3.61. The van der Waals surface area contributed by atoms with Gasteiger partial charge < -0.3 is 10.2 Å². The molecule has 0 bridgehead atoms. The van der Waals surface area contributed by atoms with Gasteiger partial charge in [-0.3, -0.25) is 0 Å². The first kappa shape index (κ1) is 15.9. The standard InChI is InChI=1S/C10H20N2.2C2H6/c1-12-7-4-10(5-8-12)3-2-6-11-9-10;2*1-2/h11H,2-9H2,1H3;2*1-2H3. The minimum absolute atomic E-state index is 0.685. The van der Waals surface area contributed by atoms with Gasteiger partial charge in [-0.2, -0.15) is 0 Å². The predicted octanol–water partition coefficient (Wildman–Crippen LogP) is 3.13. The molecule has 0 atom stereocenters. The van der Waals surface area contributed by atoms with Crippen LogP contribution in [0.5, 0.6) is 0 Å². The van der Waals surface area contributed by atoms with E-state index in [1.807, 2.05) is 27.7 Å². The molecule has 2 aliphatic heterocycles.